The number of hydrogen-bond donors (Lipinski definition) is 2. The number of nitrogens with zero attached hydrogens (tertiary/aromatic N) is 4. The first-order valence-electron chi connectivity index (χ1n) is 11.1. The Morgan fingerprint density at radius 2 is 1.83 bits per heavy atom. The highest BCUT2D eigenvalue weighted by atomic mass is 19.4. The average Bonchev–Trinajstić information content (AvgIpc) is 3.46. The van der Waals surface area contributed by atoms with E-state index in [0.29, 0.717) is 17.8 Å². The Morgan fingerprint density at radius 1 is 1.09 bits per heavy atom. The van der Waals surface area contributed by atoms with Gasteiger partial charge in [0, 0.05) is 12.6 Å². The van der Waals surface area contributed by atoms with Crippen molar-refractivity contribution in [2.45, 2.75) is 38.1 Å². The number of alkyl halides is 3. The van der Waals surface area contributed by atoms with Crippen molar-refractivity contribution in [2.75, 3.05) is 10.6 Å². The molecule has 5 rings (SSSR count). The highest BCUT2D eigenvalue weighted by Crippen LogP contribution is 2.44. The number of anilines is 2. The summed E-state index contributed by atoms with van der Waals surface area (Å²) in [6.45, 7) is 2.54. The topological polar surface area (TPSA) is 76.8 Å². The number of amides is 1. The van der Waals surface area contributed by atoms with Crippen molar-refractivity contribution in [3.05, 3.63) is 95.4 Å². The number of halogens is 3. The second-order valence-corrected chi connectivity index (χ2v) is 8.56. The van der Waals surface area contributed by atoms with Crippen LogP contribution >= 0.6 is 0 Å². The Morgan fingerprint density at radius 3 is 2.57 bits per heavy atom. The van der Waals surface area contributed by atoms with Gasteiger partial charge in [-0.05, 0) is 23.6 Å². The quantitative estimate of drug-likeness (QED) is 0.404. The van der Waals surface area contributed by atoms with E-state index < -0.39 is 24.2 Å². The normalized spacial score (nSPS) is 17.5. The van der Waals surface area contributed by atoms with E-state index in [2.05, 4.69) is 20.8 Å². The van der Waals surface area contributed by atoms with Gasteiger partial charge >= 0.3 is 6.18 Å². The minimum Gasteiger partial charge on any atom is -0.363 e. The minimum atomic E-state index is -4.51. The molecule has 0 aliphatic carbocycles. The van der Waals surface area contributed by atoms with Crippen LogP contribution in [0, 0.1) is 6.92 Å². The molecule has 0 unspecified atom stereocenters. The van der Waals surface area contributed by atoms with Gasteiger partial charge < -0.3 is 10.6 Å². The van der Waals surface area contributed by atoms with Crippen molar-refractivity contribution in [3.8, 4) is 0 Å². The Labute approximate surface area is 199 Å². The molecular formula is C25H23F3N6O. The third-order valence-electron chi connectivity index (χ3n) is 6.17. The molecule has 0 fully saturated rings. The van der Waals surface area contributed by atoms with E-state index in [4.69, 9.17) is 0 Å². The highest BCUT2D eigenvalue weighted by molar-refractivity contribution is 6.07. The number of aryl methyl sites for hydroxylation is 1. The number of hydrogen-bond acceptors (Lipinski definition) is 4. The van der Waals surface area contributed by atoms with E-state index >= 15 is 0 Å². The zero-order valence-corrected chi connectivity index (χ0v) is 18.8. The number of carbonyl (C=O) groups excluding carboxylic acids is 1. The molecule has 180 valence electrons. The molecule has 2 N–H and O–H groups in total. The lowest BCUT2D eigenvalue weighted by molar-refractivity contribution is -0.173. The van der Waals surface area contributed by atoms with Crippen molar-refractivity contribution in [1.82, 2.24) is 19.6 Å². The van der Waals surface area contributed by atoms with Crippen LogP contribution in [0.3, 0.4) is 0 Å². The molecule has 10 heteroatoms. The van der Waals surface area contributed by atoms with Crippen LogP contribution in [0.5, 0.6) is 0 Å². The first kappa shape index (κ1) is 22.7. The summed E-state index contributed by atoms with van der Waals surface area (Å²) in [6, 6.07) is 14.3. The summed E-state index contributed by atoms with van der Waals surface area (Å²) in [5.41, 5.74) is 3.39. The molecule has 0 spiro atoms. The van der Waals surface area contributed by atoms with Gasteiger partial charge in [0.2, 0.25) is 0 Å². The van der Waals surface area contributed by atoms with E-state index in [9.17, 15) is 18.0 Å². The van der Waals surface area contributed by atoms with Crippen LogP contribution < -0.4 is 10.6 Å². The SMILES string of the molecule is Cc1ccccc1Cn1cc(NC(=O)c2cnn3c2N[C@@H](c2ccccc2)C[C@@H]3C(F)(F)F)cn1. The fourth-order valence-corrected chi connectivity index (χ4v) is 4.31. The van der Waals surface area contributed by atoms with Gasteiger partial charge in [-0.2, -0.15) is 23.4 Å². The molecule has 0 saturated heterocycles. The molecule has 0 radical (unpaired) electrons. The van der Waals surface area contributed by atoms with Crippen molar-refractivity contribution < 1.29 is 18.0 Å². The van der Waals surface area contributed by atoms with Crippen molar-refractivity contribution in [1.29, 1.82) is 0 Å². The van der Waals surface area contributed by atoms with Gasteiger partial charge in [-0.1, -0.05) is 54.6 Å². The molecule has 4 aromatic rings. The van der Waals surface area contributed by atoms with Gasteiger partial charge in [0.25, 0.3) is 5.91 Å². The van der Waals surface area contributed by atoms with Crippen LogP contribution in [0.2, 0.25) is 0 Å². The van der Waals surface area contributed by atoms with E-state index in [0.717, 1.165) is 15.8 Å². The Hall–Kier alpha value is -4.08. The third-order valence-corrected chi connectivity index (χ3v) is 6.17. The molecule has 1 aliphatic rings. The van der Waals surface area contributed by atoms with Gasteiger partial charge in [0.15, 0.2) is 6.04 Å². The van der Waals surface area contributed by atoms with Crippen LogP contribution in [-0.2, 0) is 6.54 Å². The molecule has 35 heavy (non-hydrogen) atoms. The van der Waals surface area contributed by atoms with Crippen LogP contribution in [0.25, 0.3) is 0 Å². The Balaban J connectivity index is 1.38. The molecule has 2 atom stereocenters. The maximum Gasteiger partial charge on any atom is 0.410 e. The first-order valence-corrected chi connectivity index (χ1v) is 11.1. The van der Waals surface area contributed by atoms with Crippen molar-refractivity contribution in [2.24, 2.45) is 0 Å². The Bertz CT molecular complexity index is 1340. The lowest BCUT2D eigenvalue weighted by atomic mass is 9.96. The predicted octanol–water partition coefficient (Wildman–Crippen LogP) is 5.35. The summed E-state index contributed by atoms with van der Waals surface area (Å²) >= 11 is 0. The molecule has 0 bridgehead atoms. The summed E-state index contributed by atoms with van der Waals surface area (Å²) in [6.07, 6.45) is -0.388. The number of aromatic nitrogens is 4. The molecule has 2 aromatic heterocycles. The summed E-state index contributed by atoms with van der Waals surface area (Å²) in [4.78, 5) is 13.0. The number of nitrogens with one attached hydrogen (secondary N) is 2. The molecule has 7 nitrogen and oxygen atoms in total. The maximum atomic E-state index is 13.9. The van der Waals surface area contributed by atoms with Gasteiger partial charge in [-0.25, -0.2) is 4.68 Å². The van der Waals surface area contributed by atoms with Gasteiger partial charge in [0.1, 0.15) is 11.4 Å². The van der Waals surface area contributed by atoms with Crippen LogP contribution in [0.15, 0.2) is 73.2 Å². The van der Waals surface area contributed by atoms with E-state index in [1.54, 1.807) is 41.2 Å². The zero-order chi connectivity index (χ0) is 24.6. The van der Waals surface area contributed by atoms with Crippen LogP contribution in [-0.4, -0.2) is 31.6 Å². The van der Waals surface area contributed by atoms with E-state index in [1.807, 2.05) is 31.2 Å². The van der Waals surface area contributed by atoms with Gasteiger partial charge in [-0.15, -0.1) is 0 Å². The largest absolute Gasteiger partial charge is 0.410 e. The monoisotopic (exact) mass is 480 g/mol. The maximum absolute atomic E-state index is 13.9. The molecule has 0 saturated carbocycles. The molecular weight excluding hydrogens is 457 g/mol. The molecule has 2 aromatic carbocycles. The minimum absolute atomic E-state index is 0.0338. The number of fused-ring (bicyclic) bond motifs is 1. The zero-order valence-electron chi connectivity index (χ0n) is 18.8. The second-order valence-electron chi connectivity index (χ2n) is 8.56. The fourth-order valence-electron chi connectivity index (χ4n) is 4.31. The average molecular weight is 480 g/mol. The summed E-state index contributed by atoms with van der Waals surface area (Å²) in [7, 11) is 0. The molecule has 3 heterocycles. The second kappa shape index (κ2) is 8.94. The van der Waals surface area contributed by atoms with Gasteiger partial charge in [-0.3, -0.25) is 9.48 Å². The van der Waals surface area contributed by atoms with Gasteiger partial charge in [0.05, 0.1) is 30.7 Å². The van der Waals surface area contributed by atoms with E-state index in [1.165, 1.54) is 12.4 Å². The van der Waals surface area contributed by atoms with Crippen molar-refractivity contribution >= 4 is 17.4 Å². The fraction of sp³-hybridized carbons (Fsp3) is 0.240. The lowest BCUT2D eigenvalue weighted by Crippen LogP contribution is -2.36. The summed E-state index contributed by atoms with van der Waals surface area (Å²) in [5.74, 6) is -0.527. The predicted molar refractivity (Wildman–Crippen MR) is 125 cm³/mol. The smallest absolute Gasteiger partial charge is 0.363 e. The number of benzene rings is 2. The Kier molecular flexibility index (Phi) is 5.80. The standard InChI is InChI=1S/C25H23F3N6O/c1-16-7-5-6-10-18(16)14-33-15-19(12-29-33)31-24(35)20-13-30-34-22(25(26,27)28)11-21(32-23(20)34)17-8-3-2-4-9-17/h2-10,12-13,15,21-22,32H,11,14H2,1H3,(H,31,35)/t21-,22-/m1/s1. The number of carbonyl (C=O) groups is 1. The van der Waals surface area contributed by atoms with Crippen LogP contribution in [0.4, 0.5) is 24.7 Å². The molecule has 1 aliphatic heterocycles. The van der Waals surface area contributed by atoms with E-state index in [-0.39, 0.29) is 17.8 Å². The summed E-state index contributed by atoms with van der Waals surface area (Å²) in [5, 5.41) is 14.0. The lowest BCUT2D eigenvalue weighted by Gasteiger charge is -2.34. The first-order chi connectivity index (χ1) is 16.8. The van der Waals surface area contributed by atoms with Crippen molar-refractivity contribution in [3.63, 3.8) is 0 Å². The van der Waals surface area contributed by atoms with Crippen LogP contribution in [0.1, 0.15) is 45.6 Å². The third kappa shape index (κ3) is 4.64. The number of rotatable bonds is 5. The summed E-state index contributed by atoms with van der Waals surface area (Å²) < 4.78 is 44.2. The highest BCUT2D eigenvalue weighted by Gasteiger charge is 2.47. The molecule has 1 amide bonds.